The third-order valence-corrected chi connectivity index (χ3v) is 5.25. The number of urea groups is 1. The van der Waals surface area contributed by atoms with Crippen LogP contribution in [0.25, 0.3) is 0 Å². The van der Waals surface area contributed by atoms with Crippen molar-refractivity contribution >= 4 is 11.9 Å². The van der Waals surface area contributed by atoms with E-state index in [1.165, 1.54) is 0 Å². The zero-order chi connectivity index (χ0) is 21.2. The molecule has 3 rings (SSSR count). The minimum absolute atomic E-state index is 0.0136. The van der Waals surface area contributed by atoms with Crippen LogP contribution in [0.2, 0.25) is 0 Å². The quantitative estimate of drug-likeness (QED) is 0.704. The number of nitrogens with one attached hydrogen (secondary N) is 1. The van der Waals surface area contributed by atoms with Gasteiger partial charge in [-0.25, -0.2) is 4.79 Å². The smallest absolute Gasteiger partial charge is 0.325 e. The first-order valence-corrected chi connectivity index (χ1v) is 9.83. The largest absolute Gasteiger partial charge is 0.491 e. The van der Waals surface area contributed by atoms with Crippen LogP contribution in [0.4, 0.5) is 4.79 Å². The predicted molar refractivity (Wildman–Crippen MR) is 111 cm³/mol. The standard InChI is InChI=1S/C23H28N2O4/c1-15(2)17-8-10-18(11-9-17)23(4)21(27)25(22(28)24-23)13-19(26)14-29-20-7-5-6-16(3)12-20/h5-12,15,19,26H,13-14H2,1-4H3,(H,24,28)/t19-,23+/m0/s1. The lowest BCUT2D eigenvalue weighted by Gasteiger charge is -2.23. The minimum Gasteiger partial charge on any atom is -0.491 e. The lowest BCUT2D eigenvalue weighted by Crippen LogP contribution is -2.42. The monoisotopic (exact) mass is 396 g/mol. The van der Waals surface area contributed by atoms with Gasteiger partial charge in [-0.2, -0.15) is 0 Å². The summed E-state index contributed by atoms with van der Waals surface area (Å²) in [6.45, 7) is 7.69. The molecular weight excluding hydrogens is 368 g/mol. The van der Waals surface area contributed by atoms with Crippen LogP contribution in [0.3, 0.4) is 0 Å². The highest BCUT2D eigenvalue weighted by atomic mass is 16.5. The van der Waals surface area contributed by atoms with Crippen LogP contribution in [0.5, 0.6) is 5.75 Å². The molecule has 1 aliphatic heterocycles. The number of ether oxygens (including phenoxy) is 1. The van der Waals surface area contributed by atoms with Gasteiger partial charge in [0.15, 0.2) is 0 Å². The topological polar surface area (TPSA) is 78.9 Å². The van der Waals surface area contributed by atoms with Crippen molar-refractivity contribution < 1.29 is 19.4 Å². The molecule has 1 aliphatic rings. The van der Waals surface area contributed by atoms with Crippen molar-refractivity contribution in [3.63, 3.8) is 0 Å². The highest BCUT2D eigenvalue weighted by Gasteiger charge is 2.49. The Labute approximate surface area is 171 Å². The molecule has 2 aromatic rings. The van der Waals surface area contributed by atoms with Gasteiger partial charge < -0.3 is 15.2 Å². The van der Waals surface area contributed by atoms with E-state index in [0.717, 1.165) is 16.0 Å². The molecule has 0 saturated carbocycles. The molecule has 2 aromatic carbocycles. The van der Waals surface area contributed by atoms with Gasteiger partial charge in [0.2, 0.25) is 0 Å². The van der Waals surface area contributed by atoms with Gasteiger partial charge >= 0.3 is 6.03 Å². The molecule has 0 radical (unpaired) electrons. The molecule has 1 fully saturated rings. The van der Waals surface area contributed by atoms with Gasteiger partial charge in [0.1, 0.15) is 24.0 Å². The molecule has 0 bridgehead atoms. The first kappa shape index (κ1) is 20.9. The number of carbonyl (C=O) groups is 2. The van der Waals surface area contributed by atoms with Crippen molar-refractivity contribution in [3.05, 3.63) is 65.2 Å². The third-order valence-electron chi connectivity index (χ3n) is 5.25. The van der Waals surface area contributed by atoms with E-state index in [0.29, 0.717) is 17.2 Å². The molecule has 0 aliphatic carbocycles. The van der Waals surface area contributed by atoms with Crippen LogP contribution >= 0.6 is 0 Å². The van der Waals surface area contributed by atoms with Gasteiger partial charge in [-0.1, -0.05) is 50.2 Å². The lowest BCUT2D eigenvalue weighted by molar-refractivity contribution is -0.132. The summed E-state index contributed by atoms with van der Waals surface area (Å²) in [6, 6.07) is 14.6. The second-order valence-corrected chi connectivity index (χ2v) is 8.03. The molecule has 154 valence electrons. The van der Waals surface area contributed by atoms with Gasteiger partial charge in [-0.3, -0.25) is 9.69 Å². The molecular formula is C23H28N2O4. The first-order valence-electron chi connectivity index (χ1n) is 9.83. The fraction of sp³-hybridized carbons (Fsp3) is 0.391. The van der Waals surface area contributed by atoms with Gasteiger partial charge in [0, 0.05) is 0 Å². The molecule has 1 heterocycles. The number of rotatable bonds is 7. The number of aryl methyl sites for hydroxylation is 1. The summed E-state index contributed by atoms with van der Waals surface area (Å²) in [7, 11) is 0. The number of nitrogens with zero attached hydrogens (tertiary/aromatic N) is 1. The molecule has 2 atom stereocenters. The molecule has 6 nitrogen and oxygen atoms in total. The van der Waals surface area contributed by atoms with Crippen LogP contribution < -0.4 is 10.1 Å². The molecule has 0 aromatic heterocycles. The maximum absolute atomic E-state index is 13.0. The number of aliphatic hydroxyl groups excluding tert-OH is 1. The van der Waals surface area contributed by atoms with Crippen molar-refractivity contribution in [1.82, 2.24) is 10.2 Å². The van der Waals surface area contributed by atoms with Gasteiger partial charge in [-0.05, 0) is 48.6 Å². The van der Waals surface area contributed by atoms with Crippen LogP contribution in [0.1, 0.15) is 43.4 Å². The van der Waals surface area contributed by atoms with E-state index in [-0.39, 0.29) is 19.1 Å². The first-order chi connectivity index (χ1) is 13.7. The number of β-amino-alcohol motifs (C(OH)–C–C–N with tert-alkyl or cyclic N) is 1. The molecule has 0 spiro atoms. The van der Waals surface area contributed by atoms with Crippen molar-refractivity contribution in [3.8, 4) is 5.75 Å². The highest BCUT2D eigenvalue weighted by molar-refractivity contribution is 6.07. The van der Waals surface area contributed by atoms with E-state index in [1.54, 1.807) is 13.0 Å². The number of carbonyl (C=O) groups excluding carboxylic acids is 2. The summed E-state index contributed by atoms with van der Waals surface area (Å²) in [4.78, 5) is 26.5. The fourth-order valence-corrected chi connectivity index (χ4v) is 3.42. The average Bonchev–Trinajstić information content (AvgIpc) is 2.90. The van der Waals surface area contributed by atoms with Gasteiger partial charge in [-0.15, -0.1) is 0 Å². The summed E-state index contributed by atoms with van der Waals surface area (Å²) >= 11 is 0. The Morgan fingerprint density at radius 1 is 1.14 bits per heavy atom. The molecule has 2 N–H and O–H groups in total. The van der Waals surface area contributed by atoms with E-state index in [4.69, 9.17) is 4.74 Å². The lowest BCUT2D eigenvalue weighted by atomic mass is 9.90. The second kappa shape index (κ2) is 8.25. The zero-order valence-corrected chi connectivity index (χ0v) is 17.3. The molecule has 0 unspecified atom stereocenters. The van der Waals surface area contributed by atoms with Crippen molar-refractivity contribution in [2.24, 2.45) is 0 Å². The third kappa shape index (κ3) is 4.43. The van der Waals surface area contributed by atoms with Crippen LogP contribution in [0.15, 0.2) is 48.5 Å². The van der Waals surface area contributed by atoms with Crippen molar-refractivity contribution in [1.29, 1.82) is 0 Å². The number of benzene rings is 2. The van der Waals surface area contributed by atoms with Crippen molar-refractivity contribution in [2.45, 2.75) is 45.3 Å². The Bertz CT molecular complexity index is 894. The average molecular weight is 396 g/mol. The van der Waals surface area contributed by atoms with E-state index in [2.05, 4.69) is 19.2 Å². The number of hydrogen-bond acceptors (Lipinski definition) is 4. The summed E-state index contributed by atoms with van der Waals surface area (Å²) in [5.41, 5.74) is 1.78. The summed E-state index contributed by atoms with van der Waals surface area (Å²) in [5, 5.41) is 13.1. The SMILES string of the molecule is Cc1cccc(OC[C@@H](O)CN2C(=O)N[C@](C)(c3ccc(C(C)C)cc3)C2=O)c1. The maximum Gasteiger partial charge on any atom is 0.325 e. The highest BCUT2D eigenvalue weighted by Crippen LogP contribution is 2.30. The number of amides is 3. The summed E-state index contributed by atoms with van der Waals surface area (Å²) in [6.07, 6.45) is -0.990. The van der Waals surface area contributed by atoms with Crippen LogP contribution in [-0.4, -0.2) is 41.2 Å². The van der Waals surface area contributed by atoms with E-state index < -0.39 is 17.7 Å². The van der Waals surface area contributed by atoms with Gasteiger partial charge in [0.05, 0.1) is 6.54 Å². The van der Waals surface area contributed by atoms with E-state index in [9.17, 15) is 14.7 Å². The van der Waals surface area contributed by atoms with Crippen molar-refractivity contribution in [2.75, 3.05) is 13.2 Å². The summed E-state index contributed by atoms with van der Waals surface area (Å²) in [5.74, 6) is 0.636. The maximum atomic E-state index is 13.0. The second-order valence-electron chi connectivity index (χ2n) is 8.03. The normalized spacial score (nSPS) is 20.1. The zero-order valence-electron chi connectivity index (χ0n) is 17.3. The molecule has 1 saturated heterocycles. The molecule has 3 amide bonds. The Hall–Kier alpha value is -2.86. The Morgan fingerprint density at radius 2 is 1.83 bits per heavy atom. The number of aliphatic hydroxyl groups is 1. The Morgan fingerprint density at radius 3 is 2.45 bits per heavy atom. The fourth-order valence-electron chi connectivity index (χ4n) is 3.42. The van der Waals surface area contributed by atoms with E-state index in [1.807, 2.05) is 49.4 Å². The number of hydrogen-bond donors (Lipinski definition) is 2. The number of imide groups is 1. The van der Waals surface area contributed by atoms with E-state index >= 15 is 0 Å². The Kier molecular flexibility index (Phi) is 5.94. The van der Waals surface area contributed by atoms with Gasteiger partial charge in [0.25, 0.3) is 5.91 Å². The predicted octanol–water partition coefficient (Wildman–Crippen LogP) is 3.33. The van der Waals surface area contributed by atoms with Crippen LogP contribution in [-0.2, 0) is 10.3 Å². The molecule has 6 heteroatoms. The Balaban J connectivity index is 1.66. The summed E-state index contributed by atoms with van der Waals surface area (Å²) < 4.78 is 5.58. The van der Waals surface area contributed by atoms with Crippen LogP contribution in [0, 0.1) is 6.92 Å². The molecule has 29 heavy (non-hydrogen) atoms. The minimum atomic E-state index is -1.15.